The lowest BCUT2D eigenvalue weighted by Crippen LogP contribution is -2.15. The smallest absolute Gasteiger partial charge is 0.341 e. The van der Waals surface area contributed by atoms with Crippen LogP contribution in [-0.2, 0) is 12.7 Å². The number of rotatable bonds is 8. The number of benzene rings is 1. The highest BCUT2D eigenvalue weighted by Gasteiger charge is 2.37. The van der Waals surface area contributed by atoms with Crippen LogP contribution in [0.4, 0.5) is 13.2 Å². The molecule has 8 nitrogen and oxygen atoms in total. The maximum atomic E-state index is 13.6. The van der Waals surface area contributed by atoms with Gasteiger partial charge in [-0.25, -0.2) is 19.9 Å². The van der Waals surface area contributed by atoms with Gasteiger partial charge in [-0.15, -0.1) is 0 Å². The van der Waals surface area contributed by atoms with Crippen LogP contribution < -0.4 is 10.6 Å². The van der Waals surface area contributed by atoms with E-state index >= 15 is 0 Å². The highest BCUT2D eigenvalue weighted by molar-refractivity contribution is 5.68. The molecule has 1 atom stereocenters. The summed E-state index contributed by atoms with van der Waals surface area (Å²) >= 11 is 0. The number of nitrogens with zero attached hydrogens (tertiary/aromatic N) is 4. The monoisotopic (exact) mass is 496 g/mol. The molecule has 0 bridgehead atoms. The Bertz CT molecular complexity index is 1290. The number of halogens is 3. The number of hydrogen-bond acceptors (Lipinski definition) is 6. The number of aromatic amines is 2. The molecule has 36 heavy (non-hydrogen) atoms. The molecule has 0 unspecified atom stereocenters. The maximum Gasteiger partial charge on any atom is 0.433 e. The Morgan fingerprint density at radius 3 is 2.39 bits per heavy atom. The van der Waals surface area contributed by atoms with Crippen LogP contribution in [0.2, 0.25) is 0 Å². The molecule has 188 valence electrons. The fourth-order valence-corrected chi connectivity index (χ4v) is 4.28. The molecule has 3 aromatic heterocycles. The molecular weight excluding hydrogens is 469 g/mol. The van der Waals surface area contributed by atoms with Crippen LogP contribution >= 0.6 is 0 Å². The minimum Gasteiger partial charge on any atom is -0.341 e. The van der Waals surface area contributed by atoms with Crippen LogP contribution in [0.25, 0.3) is 33.9 Å². The van der Waals surface area contributed by atoms with E-state index in [0.717, 1.165) is 42.9 Å². The third kappa shape index (κ3) is 5.17. The third-order valence-electron chi connectivity index (χ3n) is 6.12. The number of imidazole rings is 2. The molecule has 5 rings (SSSR count). The summed E-state index contributed by atoms with van der Waals surface area (Å²) in [4.78, 5) is 23.4. The first kappa shape index (κ1) is 24.1. The van der Waals surface area contributed by atoms with Gasteiger partial charge in [-0.2, -0.15) is 13.2 Å². The van der Waals surface area contributed by atoms with Gasteiger partial charge in [0.15, 0.2) is 5.82 Å². The normalized spacial score (nSPS) is 16.1. The summed E-state index contributed by atoms with van der Waals surface area (Å²) in [7, 11) is 0. The second kappa shape index (κ2) is 10.2. The van der Waals surface area contributed by atoms with Crippen molar-refractivity contribution >= 4 is 0 Å². The fraction of sp³-hybridized carbons (Fsp3) is 0.360. The van der Waals surface area contributed by atoms with Gasteiger partial charge in [-0.1, -0.05) is 31.2 Å². The first-order chi connectivity index (χ1) is 17.4. The minimum absolute atomic E-state index is 0.120. The van der Waals surface area contributed by atoms with Crippen LogP contribution in [-0.4, -0.2) is 43.0 Å². The summed E-state index contributed by atoms with van der Waals surface area (Å²) in [5, 5.41) is 6.48. The average molecular weight is 497 g/mol. The van der Waals surface area contributed by atoms with E-state index in [1.807, 2.05) is 6.92 Å². The topological polar surface area (TPSA) is 107 Å². The zero-order chi connectivity index (χ0) is 25.1. The second-order valence-corrected chi connectivity index (χ2v) is 8.79. The highest BCUT2D eigenvalue weighted by atomic mass is 19.4. The van der Waals surface area contributed by atoms with E-state index in [1.165, 1.54) is 0 Å². The van der Waals surface area contributed by atoms with Gasteiger partial charge in [0.05, 0.1) is 24.5 Å². The molecule has 4 aromatic rings. The zero-order valence-electron chi connectivity index (χ0n) is 19.8. The number of nitrogens with one attached hydrogen (secondary N) is 4. The molecule has 11 heteroatoms. The molecule has 4 N–H and O–H groups in total. The second-order valence-electron chi connectivity index (χ2n) is 8.79. The van der Waals surface area contributed by atoms with Crippen molar-refractivity contribution in [2.75, 3.05) is 13.1 Å². The van der Waals surface area contributed by atoms with Crippen LogP contribution in [0.15, 0.2) is 42.9 Å². The summed E-state index contributed by atoms with van der Waals surface area (Å²) in [6, 6.07) is 6.87. The first-order valence-corrected chi connectivity index (χ1v) is 12.0. The lowest BCUT2D eigenvalue weighted by atomic mass is 10.1. The van der Waals surface area contributed by atoms with E-state index < -0.39 is 11.9 Å². The lowest BCUT2D eigenvalue weighted by molar-refractivity contribution is -0.140. The zero-order valence-corrected chi connectivity index (χ0v) is 19.8. The largest absolute Gasteiger partial charge is 0.433 e. The molecule has 0 aliphatic carbocycles. The maximum absolute atomic E-state index is 13.6. The highest BCUT2D eigenvalue weighted by Crippen LogP contribution is 2.36. The van der Waals surface area contributed by atoms with Crippen molar-refractivity contribution in [3.63, 3.8) is 0 Å². The quantitative estimate of drug-likeness (QED) is 0.260. The van der Waals surface area contributed by atoms with Crippen LogP contribution in [0.1, 0.15) is 49.6 Å². The number of H-pyrrole nitrogens is 2. The molecule has 1 aromatic carbocycles. The van der Waals surface area contributed by atoms with Crippen molar-refractivity contribution in [1.29, 1.82) is 0 Å². The average Bonchev–Trinajstić information content (AvgIpc) is 3.65. The van der Waals surface area contributed by atoms with E-state index in [1.54, 1.807) is 42.9 Å². The summed E-state index contributed by atoms with van der Waals surface area (Å²) in [5.41, 5.74) is 1.73. The Hall–Kier alpha value is -3.57. The van der Waals surface area contributed by atoms with Crippen LogP contribution in [0.5, 0.6) is 0 Å². The molecule has 1 saturated heterocycles. The lowest BCUT2D eigenvalue weighted by Gasteiger charge is -2.07. The van der Waals surface area contributed by atoms with E-state index in [2.05, 4.69) is 40.5 Å². The van der Waals surface area contributed by atoms with Gasteiger partial charge in [0.25, 0.3) is 0 Å². The minimum atomic E-state index is -4.54. The molecule has 0 amide bonds. The molecule has 0 saturated carbocycles. The Labute approximate surface area is 206 Å². The molecule has 4 heterocycles. The molecule has 1 aliphatic rings. The fourth-order valence-electron chi connectivity index (χ4n) is 4.28. The number of aromatic nitrogens is 6. The summed E-state index contributed by atoms with van der Waals surface area (Å²) in [6.07, 6.45) is 3.72. The van der Waals surface area contributed by atoms with Crippen LogP contribution in [0.3, 0.4) is 0 Å². The Kier molecular flexibility index (Phi) is 6.84. The molecule has 1 fully saturated rings. The van der Waals surface area contributed by atoms with Gasteiger partial charge in [0, 0.05) is 29.1 Å². The van der Waals surface area contributed by atoms with Crippen molar-refractivity contribution < 1.29 is 13.2 Å². The number of alkyl halides is 3. The summed E-state index contributed by atoms with van der Waals surface area (Å²) in [6.45, 7) is 3.92. The van der Waals surface area contributed by atoms with Gasteiger partial charge >= 0.3 is 6.18 Å². The SMILES string of the molecule is CCCNCc1nc(-c2ccc(-c3ncc(-c4cnc([C@@H]5CCCN5)[nH]4)cn3)cc2)c(C(F)(F)F)[nH]1. The molecule has 0 radical (unpaired) electrons. The predicted molar refractivity (Wildman–Crippen MR) is 130 cm³/mol. The van der Waals surface area contributed by atoms with Gasteiger partial charge in [0.1, 0.15) is 23.0 Å². The van der Waals surface area contributed by atoms with Crippen molar-refractivity contribution in [2.45, 2.75) is 44.9 Å². The third-order valence-corrected chi connectivity index (χ3v) is 6.12. The first-order valence-electron chi connectivity index (χ1n) is 12.0. The molecule has 0 spiro atoms. The predicted octanol–water partition coefficient (Wildman–Crippen LogP) is 4.87. The van der Waals surface area contributed by atoms with Gasteiger partial charge in [-0.05, 0) is 32.4 Å². The Morgan fingerprint density at radius 1 is 0.972 bits per heavy atom. The van der Waals surface area contributed by atoms with Gasteiger partial charge < -0.3 is 20.6 Å². The van der Waals surface area contributed by atoms with Crippen molar-refractivity contribution in [3.05, 3.63) is 60.2 Å². The Morgan fingerprint density at radius 2 is 1.72 bits per heavy atom. The van der Waals surface area contributed by atoms with E-state index in [0.29, 0.717) is 23.5 Å². The Balaban J connectivity index is 1.34. The van der Waals surface area contributed by atoms with E-state index in [-0.39, 0.29) is 24.1 Å². The summed E-state index contributed by atoms with van der Waals surface area (Å²) in [5.74, 6) is 1.63. The molecular formula is C25H27F3N8. The van der Waals surface area contributed by atoms with E-state index in [9.17, 15) is 13.2 Å². The van der Waals surface area contributed by atoms with Crippen molar-refractivity contribution in [2.24, 2.45) is 0 Å². The summed E-state index contributed by atoms with van der Waals surface area (Å²) < 4.78 is 40.9. The van der Waals surface area contributed by atoms with Crippen molar-refractivity contribution in [1.82, 2.24) is 40.5 Å². The van der Waals surface area contributed by atoms with Crippen LogP contribution in [0, 0.1) is 0 Å². The standard InChI is InChI=1S/C25H27F3N8/c1-2-9-29-14-20-35-21(22(36-20)25(26,27)28)15-5-7-16(8-6-15)23-31-11-17(12-32-23)19-13-33-24(34-19)18-4-3-10-30-18/h5-8,11-13,18,29-30H,2-4,9-10,14H2,1H3,(H,33,34)(H,35,36)/t18-/m0/s1. The van der Waals surface area contributed by atoms with Crippen molar-refractivity contribution in [3.8, 4) is 33.9 Å². The van der Waals surface area contributed by atoms with E-state index in [4.69, 9.17) is 0 Å². The number of hydrogen-bond donors (Lipinski definition) is 4. The van der Waals surface area contributed by atoms with Gasteiger partial charge in [-0.3, -0.25) is 0 Å². The molecule has 1 aliphatic heterocycles. The van der Waals surface area contributed by atoms with Gasteiger partial charge in [0.2, 0.25) is 0 Å².